The van der Waals surface area contributed by atoms with Gasteiger partial charge in [0.2, 0.25) is 0 Å². The van der Waals surface area contributed by atoms with E-state index in [0.717, 1.165) is 17.8 Å². The van der Waals surface area contributed by atoms with E-state index >= 15 is 0 Å². The molecule has 0 aliphatic heterocycles. The monoisotopic (exact) mass is 272 g/mol. The van der Waals surface area contributed by atoms with Crippen LogP contribution in [-0.4, -0.2) is 34.0 Å². The van der Waals surface area contributed by atoms with E-state index in [0.29, 0.717) is 18.7 Å². The van der Waals surface area contributed by atoms with Gasteiger partial charge in [-0.05, 0) is 30.7 Å². The first-order valence-corrected chi connectivity index (χ1v) is 6.62. The summed E-state index contributed by atoms with van der Waals surface area (Å²) in [6, 6.07) is 7.62. The fraction of sp³-hybridized carbons (Fsp3) is 0.333. The molecule has 106 valence electrons. The number of carbonyl (C=O) groups excluding carboxylic acids is 1. The summed E-state index contributed by atoms with van der Waals surface area (Å²) >= 11 is 0. The molecule has 0 radical (unpaired) electrons. The van der Waals surface area contributed by atoms with Crippen LogP contribution in [0.5, 0.6) is 0 Å². The average molecular weight is 272 g/mol. The van der Waals surface area contributed by atoms with Crippen molar-refractivity contribution in [1.82, 2.24) is 14.5 Å². The smallest absolute Gasteiger partial charge is 0.254 e. The van der Waals surface area contributed by atoms with Gasteiger partial charge in [0, 0.05) is 32.1 Å². The second-order valence-corrected chi connectivity index (χ2v) is 4.85. The second kappa shape index (κ2) is 6.34. The molecule has 20 heavy (non-hydrogen) atoms. The molecule has 2 rings (SSSR count). The molecule has 0 aliphatic rings. The van der Waals surface area contributed by atoms with E-state index in [-0.39, 0.29) is 5.91 Å². The summed E-state index contributed by atoms with van der Waals surface area (Å²) in [7, 11) is 3.70. The third kappa shape index (κ3) is 3.24. The average Bonchev–Trinajstić information content (AvgIpc) is 2.84. The molecule has 5 heteroatoms. The zero-order valence-corrected chi connectivity index (χ0v) is 11.9. The van der Waals surface area contributed by atoms with E-state index in [1.807, 2.05) is 42.1 Å². The highest BCUT2D eigenvalue weighted by Gasteiger charge is 2.14. The van der Waals surface area contributed by atoms with Crippen molar-refractivity contribution in [3.05, 3.63) is 53.6 Å². The van der Waals surface area contributed by atoms with Crippen molar-refractivity contribution in [1.29, 1.82) is 0 Å². The summed E-state index contributed by atoms with van der Waals surface area (Å²) in [5.41, 5.74) is 7.32. The van der Waals surface area contributed by atoms with Crippen LogP contribution in [0.1, 0.15) is 21.7 Å². The molecule has 1 aromatic carbocycles. The Hall–Kier alpha value is -2.14. The van der Waals surface area contributed by atoms with Gasteiger partial charge in [-0.15, -0.1) is 0 Å². The molecule has 1 heterocycles. The van der Waals surface area contributed by atoms with Gasteiger partial charge in [0.1, 0.15) is 5.82 Å². The molecule has 0 unspecified atom stereocenters. The Morgan fingerprint density at radius 1 is 1.45 bits per heavy atom. The van der Waals surface area contributed by atoms with Crippen molar-refractivity contribution in [2.75, 3.05) is 13.6 Å². The summed E-state index contributed by atoms with van der Waals surface area (Å²) < 4.78 is 1.91. The topological polar surface area (TPSA) is 64.2 Å². The lowest BCUT2D eigenvalue weighted by atomic mass is 10.1. The molecule has 5 nitrogen and oxygen atoms in total. The highest BCUT2D eigenvalue weighted by Crippen LogP contribution is 2.10. The van der Waals surface area contributed by atoms with Gasteiger partial charge < -0.3 is 15.2 Å². The van der Waals surface area contributed by atoms with E-state index in [2.05, 4.69) is 4.98 Å². The van der Waals surface area contributed by atoms with Crippen LogP contribution in [0.3, 0.4) is 0 Å². The first kappa shape index (κ1) is 14.3. The van der Waals surface area contributed by atoms with E-state index in [9.17, 15) is 4.79 Å². The maximum atomic E-state index is 12.4. The molecular formula is C15H20N4O. The van der Waals surface area contributed by atoms with Gasteiger partial charge in [-0.3, -0.25) is 4.79 Å². The number of carbonyl (C=O) groups is 1. The lowest BCUT2D eigenvalue weighted by Gasteiger charge is -2.17. The quantitative estimate of drug-likeness (QED) is 0.889. The van der Waals surface area contributed by atoms with Crippen LogP contribution in [0.2, 0.25) is 0 Å². The SMILES string of the molecule is CN(Cc1nccn1C)C(=O)c1cccc(CCN)c1. The van der Waals surface area contributed by atoms with Gasteiger partial charge in [-0.2, -0.15) is 0 Å². The first-order valence-electron chi connectivity index (χ1n) is 6.62. The fourth-order valence-electron chi connectivity index (χ4n) is 2.08. The Kier molecular flexibility index (Phi) is 4.53. The Morgan fingerprint density at radius 2 is 2.25 bits per heavy atom. The van der Waals surface area contributed by atoms with Crippen molar-refractivity contribution >= 4 is 5.91 Å². The molecule has 0 saturated heterocycles. The molecule has 2 N–H and O–H groups in total. The number of benzene rings is 1. The zero-order chi connectivity index (χ0) is 14.5. The van der Waals surface area contributed by atoms with Crippen molar-refractivity contribution < 1.29 is 4.79 Å². The molecule has 0 aliphatic carbocycles. The molecule has 0 atom stereocenters. The minimum atomic E-state index is -0.00753. The van der Waals surface area contributed by atoms with E-state index < -0.39 is 0 Å². The number of amides is 1. The third-order valence-corrected chi connectivity index (χ3v) is 3.25. The van der Waals surface area contributed by atoms with Gasteiger partial charge in [0.15, 0.2) is 0 Å². The van der Waals surface area contributed by atoms with Gasteiger partial charge >= 0.3 is 0 Å². The van der Waals surface area contributed by atoms with Gasteiger partial charge in [0.05, 0.1) is 6.54 Å². The standard InChI is InChI=1S/C15H20N4O/c1-18-9-8-17-14(18)11-19(2)15(20)13-5-3-4-12(10-13)6-7-16/h3-5,8-10H,6-7,11,16H2,1-2H3. The summed E-state index contributed by atoms with van der Waals surface area (Å²) in [4.78, 5) is 18.3. The van der Waals surface area contributed by atoms with E-state index in [1.165, 1.54) is 0 Å². The van der Waals surface area contributed by atoms with E-state index in [4.69, 9.17) is 5.73 Å². The minimum absolute atomic E-state index is 0.00753. The molecule has 1 aromatic heterocycles. The maximum Gasteiger partial charge on any atom is 0.254 e. The van der Waals surface area contributed by atoms with Crippen LogP contribution in [-0.2, 0) is 20.0 Å². The van der Waals surface area contributed by atoms with Crippen LogP contribution in [0.25, 0.3) is 0 Å². The number of nitrogens with two attached hydrogens (primary N) is 1. The lowest BCUT2D eigenvalue weighted by molar-refractivity contribution is 0.0780. The molecule has 2 aromatic rings. The Bertz CT molecular complexity index is 591. The van der Waals surface area contributed by atoms with Gasteiger partial charge in [-0.1, -0.05) is 12.1 Å². The molecule has 0 spiro atoms. The molecular weight excluding hydrogens is 252 g/mol. The molecule has 0 fully saturated rings. The van der Waals surface area contributed by atoms with E-state index in [1.54, 1.807) is 18.1 Å². The van der Waals surface area contributed by atoms with Crippen LogP contribution in [0.15, 0.2) is 36.7 Å². The normalized spacial score (nSPS) is 10.6. The van der Waals surface area contributed by atoms with Crippen LogP contribution >= 0.6 is 0 Å². The third-order valence-electron chi connectivity index (χ3n) is 3.25. The number of aryl methyl sites for hydroxylation is 1. The Labute approximate surface area is 119 Å². The highest BCUT2D eigenvalue weighted by molar-refractivity contribution is 5.94. The number of aromatic nitrogens is 2. The van der Waals surface area contributed by atoms with Gasteiger partial charge in [0.25, 0.3) is 5.91 Å². The number of hydrogen-bond acceptors (Lipinski definition) is 3. The van der Waals surface area contributed by atoms with Crippen molar-refractivity contribution in [2.45, 2.75) is 13.0 Å². The van der Waals surface area contributed by atoms with Crippen molar-refractivity contribution in [3.8, 4) is 0 Å². The maximum absolute atomic E-state index is 12.4. The van der Waals surface area contributed by atoms with Crippen molar-refractivity contribution in [2.24, 2.45) is 12.8 Å². The first-order chi connectivity index (χ1) is 9.61. The van der Waals surface area contributed by atoms with Crippen LogP contribution in [0.4, 0.5) is 0 Å². The zero-order valence-electron chi connectivity index (χ0n) is 11.9. The van der Waals surface area contributed by atoms with Crippen molar-refractivity contribution in [3.63, 3.8) is 0 Å². The number of hydrogen-bond donors (Lipinski definition) is 1. The number of rotatable bonds is 5. The predicted molar refractivity (Wildman–Crippen MR) is 78.2 cm³/mol. The summed E-state index contributed by atoms with van der Waals surface area (Å²) in [5.74, 6) is 0.853. The highest BCUT2D eigenvalue weighted by atomic mass is 16.2. The van der Waals surface area contributed by atoms with Gasteiger partial charge in [-0.25, -0.2) is 4.98 Å². The summed E-state index contributed by atoms with van der Waals surface area (Å²) in [6.45, 7) is 1.07. The largest absolute Gasteiger partial charge is 0.337 e. The Balaban J connectivity index is 2.10. The summed E-state index contributed by atoms with van der Waals surface area (Å²) in [6.07, 6.45) is 4.38. The molecule has 0 saturated carbocycles. The van der Waals surface area contributed by atoms with Crippen LogP contribution in [0, 0.1) is 0 Å². The molecule has 1 amide bonds. The number of imidazole rings is 1. The lowest BCUT2D eigenvalue weighted by Crippen LogP contribution is -2.27. The van der Waals surface area contributed by atoms with Crippen LogP contribution < -0.4 is 5.73 Å². The molecule has 0 bridgehead atoms. The number of nitrogens with zero attached hydrogens (tertiary/aromatic N) is 3. The fourth-order valence-corrected chi connectivity index (χ4v) is 2.08. The predicted octanol–water partition coefficient (Wildman–Crippen LogP) is 1.19. The summed E-state index contributed by atoms with van der Waals surface area (Å²) in [5, 5.41) is 0. The second-order valence-electron chi connectivity index (χ2n) is 4.85. The Morgan fingerprint density at radius 3 is 2.90 bits per heavy atom. The minimum Gasteiger partial charge on any atom is -0.337 e.